The lowest BCUT2D eigenvalue weighted by Gasteiger charge is -2.27. The van der Waals surface area contributed by atoms with Crippen LogP contribution < -0.4 is 10.6 Å². The lowest BCUT2D eigenvalue weighted by molar-refractivity contribution is -0.119. The van der Waals surface area contributed by atoms with Gasteiger partial charge in [-0.1, -0.05) is 45.4 Å². The number of hydrogen-bond donors (Lipinski definition) is 1. The summed E-state index contributed by atoms with van der Waals surface area (Å²) in [7, 11) is 0. The number of hydrogen-bond acceptors (Lipinski definition) is 2. The molecule has 1 amide bonds. The van der Waals surface area contributed by atoms with Crippen LogP contribution in [0.4, 0.5) is 5.69 Å². The second-order valence-corrected chi connectivity index (χ2v) is 6.44. The molecule has 0 radical (unpaired) electrons. The normalized spacial score (nSPS) is 11.4. The molecule has 0 saturated carbocycles. The molecule has 3 nitrogen and oxygen atoms in total. The Morgan fingerprint density at radius 2 is 1.86 bits per heavy atom. The van der Waals surface area contributed by atoms with Crippen LogP contribution in [0.5, 0.6) is 0 Å². The SMILES string of the molecule is CCCCN(C(=O)CCC(C)(C)CCN)c1ccccc1. The molecule has 1 aromatic carbocycles. The third kappa shape index (κ3) is 6.30. The van der Waals surface area contributed by atoms with Crippen LogP contribution in [0.3, 0.4) is 0 Å². The maximum atomic E-state index is 12.6. The summed E-state index contributed by atoms with van der Waals surface area (Å²) in [5.41, 5.74) is 6.79. The maximum Gasteiger partial charge on any atom is 0.226 e. The molecule has 0 aliphatic carbocycles. The van der Waals surface area contributed by atoms with E-state index in [1.54, 1.807) is 0 Å². The van der Waals surface area contributed by atoms with Gasteiger partial charge in [-0.15, -0.1) is 0 Å². The van der Waals surface area contributed by atoms with Gasteiger partial charge in [-0.2, -0.15) is 0 Å². The zero-order valence-electron chi connectivity index (χ0n) is 13.8. The lowest BCUT2D eigenvalue weighted by Crippen LogP contribution is -2.32. The second kappa shape index (κ2) is 8.83. The zero-order valence-corrected chi connectivity index (χ0v) is 13.8. The number of carbonyl (C=O) groups excluding carboxylic acids is 1. The Morgan fingerprint density at radius 1 is 1.19 bits per heavy atom. The first-order valence-corrected chi connectivity index (χ1v) is 8.05. The average molecular weight is 290 g/mol. The minimum Gasteiger partial charge on any atom is -0.330 e. The van der Waals surface area contributed by atoms with Gasteiger partial charge in [0.25, 0.3) is 0 Å². The van der Waals surface area contributed by atoms with Crippen LogP contribution in [0, 0.1) is 5.41 Å². The van der Waals surface area contributed by atoms with Crippen molar-refractivity contribution in [3.63, 3.8) is 0 Å². The standard InChI is InChI=1S/C18H30N2O/c1-4-5-15-20(16-9-7-6-8-10-16)17(21)11-12-18(2,3)13-14-19/h6-10H,4-5,11-15,19H2,1-3H3. The van der Waals surface area contributed by atoms with E-state index < -0.39 is 0 Å². The van der Waals surface area contributed by atoms with E-state index in [0.717, 1.165) is 37.9 Å². The summed E-state index contributed by atoms with van der Waals surface area (Å²) >= 11 is 0. The Kier molecular flexibility index (Phi) is 7.44. The molecular weight excluding hydrogens is 260 g/mol. The van der Waals surface area contributed by atoms with Crippen molar-refractivity contribution in [1.82, 2.24) is 0 Å². The van der Waals surface area contributed by atoms with Crippen LogP contribution in [0.25, 0.3) is 0 Å². The summed E-state index contributed by atoms with van der Waals surface area (Å²) in [6, 6.07) is 9.98. The van der Waals surface area contributed by atoms with Crippen LogP contribution in [-0.4, -0.2) is 19.0 Å². The Bertz CT molecular complexity index is 414. The third-order valence-corrected chi connectivity index (χ3v) is 3.94. The molecule has 1 rings (SSSR count). The van der Waals surface area contributed by atoms with E-state index in [0.29, 0.717) is 13.0 Å². The summed E-state index contributed by atoms with van der Waals surface area (Å²) in [6.45, 7) is 8.01. The molecule has 0 saturated heterocycles. The van der Waals surface area contributed by atoms with Crippen molar-refractivity contribution < 1.29 is 4.79 Å². The van der Waals surface area contributed by atoms with Crippen molar-refractivity contribution in [3.8, 4) is 0 Å². The van der Waals surface area contributed by atoms with Gasteiger partial charge < -0.3 is 10.6 Å². The van der Waals surface area contributed by atoms with E-state index in [-0.39, 0.29) is 11.3 Å². The molecule has 0 aliphatic rings. The van der Waals surface area contributed by atoms with Crippen molar-refractivity contribution in [2.45, 2.75) is 52.9 Å². The minimum atomic E-state index is 0.136. The molecule has 0 spiro atoms. The number of rotatable bonds is 9. The molecule has 1 aromatic rings. The highest BCUT2D eigenvalue weighted by Gasteiger charge is 2.21. The van der Waals surface area contributed by atoms with E-state index in [2.05, 4.69) is 20.8 Å². The van der Waals surface area contributed by atoms with Gasteiger partial charge in [-0.25, -0.2) is 0 Å². The molecular formula is C18H30N2O. The molecule has 0 atom stereocenters. The van der Waals surface area contributed by atoms with Crippen LogP contribution in [0.2, 0.25) is 0 Å². The summed E-state index contributed by atoms with van der Waals surface area (Å²) < 4.78 is 0. The molecule has 2 N–H and O–H groups in total. The van der Waals surface area contributed by atoms with Crippen molar-refractivity contribution in [2.24, 2.45) is 11.1 Å². The maximum absolute atomic E-state index is 12.6. The van der Waals surface area contributed by atoms with Gasteiger partial charge in [0.1, 0.15) is 0 Å². The Hall–Kier alpha value is -1.35. The fourth-order valence-corrected chi connectivity index (χ4v) is 2.42. The van der Waals surface area contributed by atoms with Crippen LogP contribution in [-0.2, 0) is 4.79 Å². The van der Waals surface area contributed by atoms with E-state index in [9.17, 15) is 4.79 Å². The first kappa shape index (κ1) is 17.7. The molecule has 0 aliphatic heterocycles. The van der Waals surface area contributed by atoms with Crippen molar-refractivity contribution in [3.05, 3.63) is 30.3 Å². The first-order chi connectivity index (χ1) is 10.00. The average Bonchev–Trinajstić information content (AvgIpc) is 2.47. The van der Waals surface area contributed by atoms with Crippen molar-refractivity contribution in [2.75, 3.05) is 18.0 Å². The molecule has 3 heteroatoms. The quantitative estimate of drug-likeness (QED) is 0.748. The van der Waals surface area contributed by atoms with Gasteiger partial charge in [0.15, 0.2) is 0 Å². The van der Waals surface area contributed by atoms with Crippen LogP contribution in [0.15, 0.2) is 30.3 Å². The van der Waals surface area contributed by atoms with Crippen molar-refractivity contribution in [1.29, 1.82) is 0 Å². The fourth-order valence-electron chi connectivity index (χ4n) is 2.42. The minimum absolute atomic E-state index is 0.136. The number of nitrogens with zero attached hydrogens (tertiary/aromatic N) is 1. The second-order valence-electron chi connectivity index (χ2n) is 6.44. The monoisotopic (exact) mass is 290 g/mol. The Morgan fingerprint density at radius 3 is 2.43 bits per heavy atom. The predicted molar refractivity (Wildman–Crippen MR) is 90.4 cm³/mol. The molecule has 21 heavy (non-hydrogen) atoms. The Balaban J connectivity index is 2.68. The summed E-state index contributed by atoms with van der Waals surface area (Å²) in [5, 5.41) is 0. The van der Waals surface area contributed by atoms with Gasteiger partial charge in [-0.05, 0) is 43.4 Å². The number of unbranched alkanes of at least 4 members (excludes halogenated alkanes) is 1. The van der Waals surface area contributed by atoms with Gasteiger partial charge in [0.2, 0.25) is 5.91 Å². The smallest absolute Gasteiger partial charge is 0.226 e. The van der Waals surface area contributed by atoms with Gasteiger partial charge in [-0.3, -0.25) is 4.79 Å². The highest BCUT2D eigenvalue weighted by atomic mass is 16.2. The number of carbonyl (C=O) groups is 1. The zero-order chi connectivity index (χ0) is 15.7. The molecule has 0 aromatic heterocycles. The number of benzene rings is 1. The lowest BCUT2D eigenvalue weighted by atomic mass is 9.84. The van der Waals surface area contributed by atoms with Crippen molar-refractivity contribution >= 4 is 11.6 Å². The van der Waals surface area contributed by atoms with Gasteiger partial charge in [0.05, 0.1) is 0 Å². The highest BCUT2D eigenvalue weighted by Crippen LogP contribution is 2.27. The molecule has 118 valence electrons. The number of anilines is 1. The molecule has 0 unspecified atom stereocenters. The highest BCUT2D eigenvalue weighted by molar-refractivity contribution is 5.93. The van der Waals surface area contributed by atoms with Crippen LogP contribution in [0.1, 0.15) is 52.9 Å². The molecule has 0 heterocycles. The molecule has 0 fully saturated rings. The largest absolute Gasteiger partial charge is 0.330 e. The summed E-state index contributed by atoms with van der Waals surface area (Å²) in [4.78, 5) is 14.5. The van der Waals surface area contributed by atoms with Gasteiger partial charge >= 0.3 is 0 Å². The topological polar surface area (TPSA) is 46.3 Å². The molecule has 0 bridgehead atoms. The van der Waals surface area contributed by atoms with E-state index in [1.165, 1.54) is 0 Å². The van der Waals surface area contributed by atoms with Gasteiger partial charge in [0, 0.05) is 18.7 Å². The number of para-hydroxylation sites is 1. The first-order valence-electron chi connectivity index (χ1n) is 8.05. The summed E-state index contributed by atoms with van der Waals surface area (Å²) in [6.07, 6.45) is 4.56. The fraction of sp³-hybridized carbons (Fsp3) is 0.611. The van der Waals surface area contributed by atoms with Crippen LogP contribution >= 0.6 is 0 Å². The third-order valence-electron chi connectivity index (χ3n) is 3.94. The van der Waals surface area contributed by atoms with E-state index in [4.69, 9.17) is 5.73 Å². The predicted octanol–water partition coefficient (Wildman–Crippen LogP) is 3.97. The summed E-state index contributed by atoms with van der Waals surface area (Å²) in [5.74, 6) is 0.222. The number of amides is 1. The van der Waals surface area contributed by atoms with E-state index in [1.807, 2.05) is 35.2 Å². The Labute approximate surface area is 129 Å². The number of nitrogens with two attached hydrogens (primary N) is 1. The van der Waals surface area contributed by atoms with E-state index >= 15 is 0 Å².